The lowest BCUT2D eigenvalue weighted by atomic mass is 9.87. The lowest BCUT2D eigenvalue weighted by Gasteiger charge is -2.20. The van der Waals surface area contributed by atoms with E-state index in [-0.39, 0.29) is 11.9 Å². The Labute approximate surface area is 135 Å². The largest absolute Gasteiger partial charge is 0.398 e. The molecule has 0 saturated carbocycles. The van der Waals surface area contributed by atoms with Crippen molar-refractivity contribution in [2.24, 2.45) is 5.73 Å². The van der Waals surface area contributed by atoms with E-state index in [4.69, 9.17) is 11.5 Å². The van der Waals surface area contributed by atoms with E-state index in [0.29, 0.717) is 5.69 Å². The molecule has 2 nitrogen and oxygen atoms in total. The van der Waals surface area contributed by atoms with Gasteiger partial charge in [-0.15, -0.1) is 0 Å². The summed E-state index contributed by atoms with van der Waals surface area (Å²) in [6.07, 6.45) is 0.876. The van der Waals surface area contributed by atoms with E-state index in [1.807, 2.05) is 31.2 Å². The van der Waals surface area contributed by atoms with E-state index in [1.54, 1.807) is 12.1 Å². The predicted octanol–water partition coefficient (Wildman–Crippen LogP) is 4.81. The van der Waals surface area contributed by atoms with Crippen LogP contribution in [0.3, 0.4) is 0 Å². The number of rotatable bonds is 3. The van der Waals surface area contributed by atoms with Gasteiger partial charge in [0.1, 0.15) is 5.82 Å². The van der Waals surface area contributed by atoms with Crippen molar-refractivity contribution in [3.05, 3.63) is 65.5 Å². The molecule has 0 aromatic heterocycles. The Morgan fingerprint density at radius 2 is 1.83 bits per heavy atom. The number of halogens is 1. The third-order valence-corrected chi connectivity index (χ3v) is 4.30. The van der Waals surface area contributed by atoms with Crippen molar-refractivity contribution in [1.29, 1.82) is 0 Å². The Kier molecular flexibility index (Phi) is 4.05. The maximum Gasteiger partial charge on any atom is 0.123 e. The number of nitrogen functional groups attached to an aromatic ring is 1. The fourth-order valence-corrected chi connectivity index (χ4v) is 3.21. The summed E-state index contributed by atoms with van der Waals surface area (Å²) in [5.74, 6) is -0.253. The molecule has 0 saturated heterocycles. The molecule has 3 aromatic rings. The van der Waals surface area contributed by atoms with Gasteiger partial charge in [-0.1, -0.05) is 37.3 Å². The molecule has 0 radical (unpaired) electrons. The molecule has 0 aliphatic rings. The van der Waals surface area contributed by atoms with E-state index < -0.39 is 0 Å². The normalized spacial score (nSPS) is 12.5. The third-order valence-electron chi connectivity index (χ3n) is 4.30. The Balaban J connectivity index is 2.50. The van der Waals surface area contributed by atoms with Crippen LogP contribution in [0.2, 0.25) is 0 Å². The van der Waals surface area contributed by atoms with Crippen molar-refractivity contribution < 1.29 is 4.39 Å². The molecule has 0 fully saturated rings. The first-order chi connectivity index (χ1) is 11.0. The summed E-state index contributed by atoms with van der Waals surface area (Å²) in [7, 11) is 0. The van der Waals surface area contributed by atoms with Crippen molar-refractivity contribution in [1.82, 2.24) is 0 Å². The maximum atomic E-state index is 13.8. The van der Waals surface area contributed by atoms with Crippen LogP contribution in [0, 0.1) is 5.82 Å². The molecular formula is C20H21FN2. The summed E-state index contributed by atoms with van der Waals surface area (Å²) in [6.45, 7) is 4.04. The molecule has 3 aromatic carbocycles. The fraction of sp³-hybridized carbons (Fsp3) is 0.200. The zero-order chi connectivity index (χ0) is 16.6. The average Bonchev–Trinajstić information content (AvgIpc) is 2.54. The maximum absolute atomic E-state index is 13.8. The number of fused-ring (bicyclic) bond motifs is 1. The summed E-state index contributed by atoms with van der Waals surface area (Å²) in [5, 5.41) is 2.07. The highest BCUT2D eigenvalue weighted by Crippen LogP contribution is 2.40. The Hall–Kier alpha value is -2.39. The van der Waals surface area contributed by atoms with E-state index in [2.05, 4.69) is 13.0 Å². The average molecular weight is 308 g/mol. The first-order valence-electron chi connectivity index (χ1n) is 7.88. The lowest BCUT2D eigenvalue weighted by Crippen LogP contribution is -2.09. The molecule has 118 valence electrons. The Bertz CT molecular complexity index is 869. The summed E-state index contributed by atoms with van der Waals surface area (Å²) < 4.78 is 13.8. The summed E-state index contributed by atoms with van der Waals surface area (Å²) in [6, 6.07) is 14.5. The van der Waals surface area contributed by atoms with Gasteiger partial charge in [-0.25, -0.2) is 4.39 Å². The minimum atomic E-state index is -0.253. The van der Waals surface area contributed by atoms with Gasteiger partial charge in [0.05, 0.1) is 0 Å². The molecular weight excluding hydrogens is 287 g/mol. The van der Waals surface area contributed by atoms with Crippen LogP contribution in [0.25, 0.3) is 21.9 Å². The quantitative estimate of drug-likeness (QED) is 0.682. The zero-order valence-electron chi connectivity index (χ0n) is 13.4. The number of hydrogen-bond acceptors (Lipinski definition) is 2. The van der Waals surface area contributed by atoms with E-state index >= 15 is 0 Å². The van der Waals surface area contributed by atoms with Crippen molar-refractivity contribution in [3.8, 4) is 11.1 Å². The first kappa shape index (κ1) is 15.5. The molecule has 1 unspecified atom stereocenters. The standard InChI is InChI=1S/C20H21FN2/c1-3-13-6-5-9-16-18(23)11-17(12(2)22)20(19(13)16)14-7-4-8-15(21)10-14/h4-12H,3,22-23H2,1-2H3. The summed E-state index contributed by atoms with van der Waals surface area (Å²) >= 11 is 0. The van der Waals surface area contributed by atoms with Crippen LogP contribution in [0.1, 0.15) is 31.0 Å². The molecule has 1 atom stereocenters. The highest BCUT2D eigenvalue weighted by molar-refractivity contribution is 6.06. The minimum Gasteiger partial charge on any atom is -0.398 e. The van der Waals surface area contributed by atoms with Gasteiger partial charge in [0, 0.05) is 17.1 Å². The van der Waals surface area contributed by atoms with Crippen LogP contribution in [-0.4, -0.2) is 0 Å². The van der Waals surface area contributed by atoms with Gasteiger partial charge in [-0.3, -0.25) is 0 Å². The van der Waals surface area contributed by atoms with Gasteiger partial charge in [0.15, 0.2) is 0 Å². The predicted molar refractivity (Wildman–Crippen MR) is 95.7 cm³/mol. The molecule has 23 heavy (non-hydrogen) atoms. The second-order valence-electron chi connectivity index (χ2n) is 5.92. The van der Waals surface area contributed by atoms with E-state index in [1.165, 1.54) is 11.6 Å². The molecule has 0 heterocycles. The molecule has 0 spiro atoms. The smallest absolute Gasteiger partial charge is 0.123 e. The van der Waals surface area contributed by atoms with Crippen LogP contribution < -0.4 is 11.5 Å². The van der Waals surface area contributed by atoms with Gasteiger partial charge in [0.25, 0.3) is 0 Å². The van der Waals surface area contributed by atoms with Gasteiger partial charge in [-0.05, 0) is 59.2 Å². The van der Waals surface area contributed by atoms with Crippen molar-refractivity contribution >= 4 is 16.5 Å². The van der Waals surface area contributed by atoms with Crippen molar-refractivity contribution in [3.63, 3.8) is 0 Å². The SMILES string of the molecule is CCc1cccc2c(N)cc(C(C)N)c(-c3cccc(F)c3)c12. The monoisotopic (exact) mass is 308 g/mol. The molecule has 3 heteroatoms. The topological polar surface area (TPSA) is 52.0 Å². The molecule has 0 amide bonds. The van der Waals surface area contributed by atoms with Crippen LogP contribution >= 0.6 is 0 Å². The van der Waals surface area contributed by atoms with Gasteiger partial charge in [-0.2, -0.15) is 0 Å². The van der Waals surface area contributed by atoms with Crippen molar-refractivity contribution in [2.45, 2.75) is 26.3 Å². The molecule has 0 aliphatic heterocycles. The highest BCUT2D eigenvalue weighted by Gasteiger charge is 2.17. The van der Waals surface area contributed by atoms with Crippen LogP contribution in [0.5, 0.6) is 0 Å². The number of hydrogen-bond donors (Lipinski definition) is 2. The van der Waals surface area contributed by atoms with Crippen molar-refractivity contribution in [2.75, 3.05) is 5.73 Å². The lowest BCUT2D eigenvalue weighted by molar-refractivity contribution is 0.628. The fourth-order valence-electron chi connectivity index (χ4n) is 3.21. The van der Waals surface area contributed by atoms with Gasteiger partial charge in [0.2, 0.25) is 0 Å². The second kappa shape index (κ2) is 6.01. The Morgan fingerprint density at radius 1 is 1.09 bits per heavy atom. The number of anilines is 1. The van der Waals surface area contributed by atoms with Crippen LogP contribution in [-0.2, 0) is 6.42 Å². The zero-order valence-corrected chi connectivity index (χ0v) is 13.4. The van der Waals surface area contributed by atoms with Gasteiger partial charge >= 0.3 is 0 Å². The first-order valence-corrected chi connectivity index (χ1v) is 7.88. The third kappa shape index (κ3) is 2.68. The highest BCUT2D eigenvalue weighted by atomic mass is 19.1. The minimum absolute atomic E-state index is 0.190. The van der Waals surface area contributed by atoms with E-state index in [9.17, 15) is 4.39 Å². The molecule has 3 rings (SSSR count). The number of aryl methyl sites for hydroxylation is 1. The second-order valence-corrected chi connectivity index (χ2v) is 5.92. The number of nitrogens with two attached hydrogens (primary N) is 2. The molecule has 4 N–H and O–H groups in total. The van der Waals surface area contributed by atoms with E-state index in [0.717, 1.165) is 33.9 Å². The molecule has 0 aliphatic carbocycles. The number of benzene rings is 3. The summed E-state index contributed by atoms with van der Waals surface area (Å²) in [4.78, 5) is 0. The Morgan fingerprint density at radius 3 is 2.48 bits per heavy atom. The summed E-state index contributed by atoms with van der Waals surface area (Å²) in [5.41, 5.74) is 17.1. The van der Waals surface area contributed by atoms with Crippen LogP contribution in [0.15, 0.2) is 48.5 Å². The molecule has 0 bridgehead atoms. The van der Waals surface area contributed by atoms with Gasteiger partial charge < -0.3 is 11.5 Å². The van der Waals surface area contributed by atoms with Crippen LogP contribution in [0.4, 0.5) is 10.1 Å².